The summed E-state index contributed by atoms with van der Waals surface area (Å²) in [5.41, 5.74) is 0.0579. The lowest BCUT2D eigenvalue weighted by molar-refractivity contribution is -0.130. The van der Waals surface area contributed by atoms with Crippen LogP contribution in [0.3, 0.4) is 0 Å². The third-order valence-electron chi connectivity index (χ3n) is 3.79. The van der Waals surface area contributed by atoms with E-state index in [9.17, 15) is 13.6 Å². The monoisotopic (exact) mass is 354 g/mol. The van der Waals surface area contributed by atoms with Crippen molar-refractivity contribution in [1.82, 2.24) is 15.5 Å². The van der Waals surface area contributed by atoms with Crippen molar-refractivity contribution in [2.24, 2.45) is 4.99 Å². The zero-order valence-corrected chi connectivity index (χ0v) is 15.2. The topological polar surface area (TPSA) is 56.7 Å². The second-order valence-electron chi connectivity index (χ2n) is 5.45. The van der Waals surface area contributed by atoms with Crippen LogP contribution in [0.2, 0.25) is 0 Å². The van der Waals surface area contributed by atoms with Crippen LogP contribution in [0.15, 0.2) is 23.2 Å². The molecule has 0 aliphatic carbocycles. The molecule has 0 unspecified atom stereocenters. The standard InChI is InChI=1S/C18H28F2N4O/c1-4-21-18(23-13-11-17(25)24(5-2)6-3)22-12-10-14-15(19)8-7-9-16(14)20/h7-9H,4-6,10-13H2,1-3H3,(H2,21,22,23). The molecule has 0 saturated carbocycles. The first kappa shape index (κ1) is 20.9. The van der Waals surface area contributed by atoms with Crippen molar-refractivity contribution in [3.8, 4) is 0 Å². The Morgan fingerprint density at radius 3 is 2.32 bits per heavy atom. The summed E-state index contributed by atoms with van der Waals surface area (Å²) in [7, 11) is 0. The summed E-state index contributed by atoms with van der Waals surface area (Å²) in [4.78, 5) is 18.1. The van der Waals surface area contributed by atoms with E-state index in [4.69, 9.17) is 0 Å². The molecule has 1 aromatic carbocycles. The molecule has 0 bridgehead atoms. The predicted octanol–water partition coefficient (Wildman–Crippen LogP) is 2.32. The molecule has 7 heteroatoms. The third-order valence-corrected chi connectivity index (χ3v) is 3.79. The van der Waals surface area contributed by atoms with Crippen LogP contribution in [0.1, 0.15) is 32.8 Å². The number of halogens is 2. The molecule has 0 radical (unpaired) electrons. The number of guanidine groups is 1. The second-order valence-corrected chi connectivity index (χ2v) is 5.45. The molecule has 2 N–H and O–H groups in total. The lowest BCUT2D eigenvalue weighted by Crippen LogP contribution is -2.39. The highest BCUT2D eigenvalue weighted by Gasteiger charge is 2.10. The minimum absolute atomic E-state index is 0.0579. The molecule has 1 amide bonds. The van der Waals surface area contributed by atoms with Crippen LogP contribution < -0.4 is 10.6 Å². The van der Waals surface area contributed by atoms with E-state index >= 15 is 0 Å². The molecule has 1 rings (SSSR count). The third kappa shape index (κ3) is 7.07. The highest BCUT2D eigenvalue weighted by Crippen LogP contribution is 2.11. The number of hydrogen-bond acceptors (Lipinski definition) is 2. The molecule has 0 atom stereocenters. The SMILES string of the molecule is CCNC(=NCCC(=O)N(CC)CC)NCCc1c(F)cccc1F. The summed E-state index contributed by atoms with van der Waals surface area (Å²) in [6, 6.07) is 3.84. The Hall–Kier alpha value is -2.18. The van der Waals surface area contributed by atoms with Gasteiger partial charge in [-0.25, -0.2) is 8.78 Å². The van der Waals surface area contributed by atoms with Gasteiger partial charge >= 0.3 is 0 Å². The number of aliphatic imine (C=N–C) groups is 1. The van der Waals surface area contributed by atoms with Crippen molar-refractivity contribution in [2.45, 2.75) is 33.6 Å². The Balaban J connectivity index is 2.52. The number of hydrogen-bond donors (Lipinski definition) is 2. The summed E-state index contributed by atoms with van der Waals surface area (Å²) in [5, 5.41) is 6.09. The van der Waals surface area contributed by atoms with Crippen molar-refractivity contribution in [2.75, 3.05) is 32.7 Å². The molecule has 140 valence electrons. The van der Waals surface area contributed by atoms with Gasteiger partial charge in [0, 0.05) is 38.2 Å². The number of nitrogens with one attached hydrogen (secondary N) is 2. The first-order valence-electron chi connectivity index (χ1n) is 8.76. The van der Waals surface area contributed by atoms with Crippen molar-refractivity contribution in [3.63, 3.8) is 0 Å². The number of amides is 1. The maximum Gasteiger partial charge on any atom is 0.224 e. The van der Waals surface area contributed by atoms with Gasteiger partial charge in [-0.05, 0) is 39.3 Å². The average molecular weight is 354 g/mol. The number of rotatable bonds is 9. The zero-order chi connectivity index (χ0) is 18.7. The molecule has 5 nitrogen and oxygen atoms in total. The van der Waals surface area contributed by atoms with Crippen LogP contribution in [0, 0.1) is 11.6 Å². The maximum absolute atomic E-state index is 13.6. The minimum Gasteiger partial charge on any atom is -0.357 e. The van der Waals surface area contributed by atoms with Gasteiger partial charge in [0.05, 0.1) is 6.54 Å². The molecule has 0 fully saturated rings. The fourth-order valence-electron chi connectivity index (χ4n) is 2.42. The van der Waals surface area contributed by atoms with E-state index in [1.165, 1.54) is 18.2 Å². The van der Waals surface area contributed by atoms with Crippen molar-refractivity contribution < 1.29 is 13.6 Å². The van der Waals surface area contributed by atoms with Gasteiger partial charge in [-0.2, -0.15) is 0 Å². The Morgan fingerprint density at radius 1 is 1.12 bits per heavy atom. The van der Waals surface area contributed by atoms with Crippen LogP contribution in [-0.2, 0) is 11.2 Å². The Kier molecular flexibility index (Phi) is 9.50. The Morgan fingerprint density at radius 2 is 1.76 bits per heavy atom. The summed E-state index contributed by atoms with van der Waals surface area (Å²) in [6.07, 6.45) is 0.543. The molecule has 0 saturated heterocycles. The summed E-state index contributed by atoms with van der Waals surface area (Å²) in [5.74, 6) is -0.494. The van der Waals surface area contributed by atoms with Gasteiger partial charge in [0.1, 0.15) is 11.6 Å². The fourth-order valence-corrected chi connectivity index (χ4v) is 2.42. The van der Waals surface area contributed by atoms with Gasteiger partial charge in [0.2, 0.25) is 5.91 Å². The van der Waals surface area contributed by atoms with Gasteiger partial charge in [-0.3, -0.25) is 9.79 Å². The van der Waals surface area contributed by atoms with Crippen LogP contribution in [0.5, 0.6) is 0 Å². The van der Waals surface area contributed by atoms with E-state index < -0.39 is 11.6 Å². The van der Waals surface area contributed by atoms with Crippen molar-refractivity contribution in [1.29, 1.82) is 0 Å². The fraction of sp³-hybridized carbons (Fsp3) is 0.556. The number of carbonyl (C=O) groups excluding carboxylic acids is 1. The van der Waals surface area contributed by atoms with Gasteiger partial charge in [0.25, 0.3) is 0 Å². The Bertz CT molecular complexity index is 554. The number of carbonyl (C=O) groups is 1. The van der Waals surface area contributed by atoms with E-state index in [-0.39, 0.29) is 17.9 Å². The van der Waals surface area contributed by atoms with E-state index in [1.54, 1.807) is 4.90 Å². The molecule has 0 aliphatic rings. The lowest BCUT2D eigenvalue weighted by atomic mass is 10.1. The molecule has 0 heterocycles. The van der Waals surface area contributed by atoms with E-state index in [2.05, 4.69) is 15.6 Å². The van der Waals surface area contributed by atoms with Crippen LogP contribution in [0.25, 0.3) is 0 Å². The molecule has 0 aromatic heterocycles. The molecule has 25 heavy (non-hydrogen) atoms. The second kappa shape index (κ2) is 11.4. The van der Waals surface area contributed by atoms with E-state index in [0.717, 1.165) is 0 Å². The largest absolute Gasteiger partial charge is 0.357 e. The zero-order valence-electron chi connectivity index (χ0n) is 15.2. The van der Waals surface area contributed by atoms with Gasteiger partial charge in [-0.15, -0.1) is 0 Å². The van der Waals surface area contributed by atoms with E-state index in [0.29, 0.717) is 45.1 Å². The van der Waals surface area contributed by atoms with Crippen LogP contribution >= 0.6 is 0 Å². The number of benzene rings is 1. The van der Waals surface area contributed by atoms with Gasteiger partial charge in [-0.1, -0.05) is 6.07 Å². The summed E-state index contributed by atoms with van der Waals surface area (Å²) in [6.45, 7) is 8.54. The summed E-state index contributed by atoms with van der Waals surface area (Å²) < 4.78 is 27.2. The van der Waals surface area contributed by atoms with Gasteiger partial charge < -0.3 is 15.5 Å². The predicted molar refractivity (Wildman–Crippen MR) is 96.6 cm³/mol. The average Bonchev–Trinajstić information content (AvgIpc) is 2.58. The highest BCUT2D eigenvalue weighted by molar-refractivity contribution is 5.80. The molecular weight excluding hydrogens is 326 g/mol. The normalized spacial score (nSPS) is 11.3. The molecule has 0 aliphatic heterocycles. The Labute approximate surface area is 148 Å². The summed E-state index contributed by atoms with van der Waals surface area (Å²) >= 11 is 0. The first-order valence-corrected chi connectivity index (χ1v) is 8.76. The quantitative estimate of drug-likeness (QED) is 0.529. The maximum atomic E-state index is 13.6. The van der Waals surface area contributed by atoms with Crippen molar-refractivity contribution in [3.05, 3.63) is 35.4 Å². The van der Waals surface area contributed by atoms with Gasteiger partial charge in [0.15, 0.2) is 5.96 Å². The van der Waals surface area contributed by atoms with E-state index in [1.807, 2.05) is 20.8 Å². The highest BCUT2D eigenvalue weighted by atomic mass is 19.1. The lowest BCUT2D eigenvalue weighted by Gasteiger charge is -2.18. The molecular formula is C18H28F2N4O. The van der Waals surface area contributed by atoms with Crippen LogP contribution in [0.4, 0.5) is 8.78 Å². The smallest absolute Gasteiger partial charge is 0.224 e. The first-order chi connectivity index (χ1) is 12.0. The van der Waals surface area contributed by atoms with Crippen molar-refractivity contribution >= 4 is 11.9 Å². The molecule has 1 aromatic rings. The minimum atomic E-state index is -0.548. The van der Waals surface area contributed by atoms with Crippen LogP contribution in [-0.4, -0.2) is 49.5 Å². The molecule has 0 spiro atoms. The number of nitrogens with zero attached hydrogens (tertiary/aromatic N) is 2.